The van der Waals surface area contributed by atoms with E-state index >= 15 is 0 Å². The summed E-state index contributed by atoms with van der Waals surface area (Å²) in [5, 5.41) is 1.90. The molecule has 100 valence electrons. The van der Waals surface area contributed by atoms with Gasteiger partial charge < -0.3 is 0 Å². The first-order valence-corrected chi connectivity index (χ1v) is 7.47. The summed E-state index contributed by atoms with van der Waals surface area (Å²) in [6.07, 6.45) is 2.74. The van der Waals surface area contributed by atoms with E-state index in [4.69, 9.17) is 11.6 Å². The molecule has 0 aliphatic carbocycles. The van der Waals surface area contributed by atoms with Crippen molar-refractivity contribution in [1.29, 1.82) is 0 Å². The molecule has 0 fully saturated rings. The number of thioether (sulfide) groups is 1. The summed E-state index contributed by atoms with van der Waals surface area (Å²) >= 11 is 7.54. The Bertz CT molecular complexity index is 666. The summed E-state index contributed by atoms with van der Waals surface area (Å²) in [7, 11) is 0. The summed E-state index contributed by atoms with van der Waals surface area (Å²) in [4.78, 5) is 17.0. The van der Waals surface area contributed by atoms with Gasteiger partial charge in [-0.25, -0.2) is 4.98 Å². The van der Waals surface area contributed by atoms with Crippen LogP contribution in [0.2, 0.25) is 5.02 Å². The van der Waals surface area contributed by atoms with Crippen molar-refractivity contribution in [2.45, 2.75) is 25.0 Å². The Hall–Kier alpha value is -1.26. The molecule has 5 heteroatoms. The maximum atomic E-state index is 12.4. The van der Waals surface area contributed by atoms with E-state index in [1.165, 1.54) is 0 Å². The Labute approximate surface area is 121 Å². The molecule has 19 heavy (non-hydrogen) atoms. The monoisotopic (exact) mass is 294 g/mol. The van der Waals surface area contributed by atoms with Gasteiger partial charge in [0.25, 0.3) is 5.56 Å². The molecule has 3 nitrogen and oxygen atoms in total. The second kappa shape index (κ2) is 6.26. The number of nitrogens with zero attached hydrogens (tertiary/aromatic N) is 2. The summed E-state index contributed by atoms with van der Waals surface area (Å²) in [6.45, 7) is 6.26. The van der Waals surface area contributed by atoms with Gasteiger partial charge in [0.05, 0.1) is 10.9 Å². The van der Waals surface area contributed by atoms with Crippen molar-refractivity contribution in [3.8, 4) is 0 Å². The molecule has 2 rings (SSSR count). The zero-order valence-electron chi connectivity index (χ0n) is 10.7. The summed E-state index contributed by atoms with van der Waals surface area (Å²) < 4.78 is 1.66. The van der Waals surface area contributed by atoms with Gasteiger partial charge >= 0.3 is 0 Å². The predicted molar refractivity (Wildman–Crippen MR) is 82.2 cm³/mol. The Morgan fingerprint density at radius 3 is 3.00 bits per heavy atom. The molecule has 0 aliphatic rings. The van der Waals surface area contributed by atoms with Gasteiger partial charge in [0.2, 0.25) is 0 Å². The second-order valence-corrected chi connectivity index (χ2v) is 5.61. The lowest BCUT2D eigenvalue weighted by atomic mass is 10.2. The normalized spacial score (nSPS) is 10.8. The Balaban J connectivity index is 2.66. The van der Waals surface area contributed by atoms with Gasteiger partial charge in [-0.2, -0.15) is 0 Å². The number of benzene rings is 1. The zero-order valence-corrected chi connectivity index (χ0v) is 12.3. The van der Waals surface area contributed by atoms with Crippen LogP contribution in [0.15, 0.2) is 40.8 Å². The number of halogens is 1. The smallest absolute Gasteiger partial charge is 0.262 e. The fraction of sp³-hybridized carbons (Fsp3) is 0.286. The van der Waals surface area contributed by atoms with Gasteiger partial charge in [-0.15, -0.1) is 6.58 Å². The van der Waals surface area contributed by atoms with Crippen molar-refractivity contribution < 1.29 is 0 Å². The SMILES string of the molecule is C=CCn1c(SCCC)nc2cc(Cl)ccc2c1=O. The van der Waals surface area contributed by atoms with Crippen molar-refractivity contribution in [2.75, 3.05) is 5.75 Å². The third-order valence-corrected chi connectivity index (χ3v) is 4.05. The van der Waals surface area contributed by atoms with Crippen LogP contribution >= 0.6 is 23.4 Å². The number of fused-ring (bicyclic) bond motifs is 1. The van der Waals surface area contributed by atoms with E-state index in [1.54, 1.807) is 40.6 Å². The fourth-order valence-electron chi connectivity index (χ4n) is 1.77. The van der Waals surface area contributed by atoms with E-state index in [0.717, 1.165) is 17.3 Å². The molecule has 0 radical (unpaired) electrons. The van der Waals surface area contributed by atoms with Crippen LogP contribution in [0.5, 0.6) is 0 Å². The van der Waals surface area contributed by atoms with Crippen molar-refractivity contribution in [3.05, 3.63) is 46.2 Å². The average molecular weight is 295 g/mol. The molecule has 0 aliphatic heterocycles. The van der Waals surface area contributed by atoms with Gasteiger partial charge in [0.15, 0.2) is 5.16 Å². The minimum Gasteiger partial charge on any atom is -0.283 e. The minimum atomic E-state index is -0.0415. The molecule has 0 bridgehead atoms. The van der Waals surface area contributed by atoms with Crippen LogP contribution in [-0.2, 0) is 6.54 Å². The highest BCUT2D eigenvalue weighted by Crippen LogP contribution is 2.20. The van der Waals surface area contributed by atoms with Crippen LogP contribution in [0, 0.1) is 0 Å². The van der Waals surface area contributed by atoms with Crippen LogP contribution in [0.4, 0.5) is 0 Å². The van der Waals surface area contributed by atoms with E-state index < -0.39 is 0 Å². The van der Waals surface area contributed by atoms with Crippen LogP contribution in [0.1, 0.15) is 13.3 Å². The number of hydrogen-bond acceptors (Lipinski definition) is 3. The first-order valence-electron chi connectivity index (χ1n) is 6.11. The standard InChI is InChI=1S/C14H15ClN2OS/c1-3-7-17-13(18)11-6-5-10(15)9-12(11)16-14(17)19-8-4-2/h3,5-6,9H,1,4,7-8H2,2H3. The highest BCUT2D eigenvalue weighted by molar-refractivity contribution is 7.99. The quantitative estimate of drug-likeness (QED) is 0.479. The molecule has 2 aromatic rings. The van der Waals surface area contributed by atoms with Crippen LogP contribution in [-0.4, -0.2) is 15.3 Å². The Morgan fingerprint density at radius 2 is 2.32 bits per heavy atom. The van der Waals surface area contributed by atoms with E-state index in [0.29, 0.717) is 22.5 Å². The predicted octanol–water partition coefficient (Wildman–Crippen LogP) is 3.74. The molecule has 0 amide bonds. The molecule has 1 aromatic carbocycles. The average Bonchev–Trinajstić information content (AvgIpc) is 2.40. The van der Waals surface area contributed by atoms with Crippen LogP contribution in [0.25, 0.3) is 10.9 Å². The van der Waals surface area contributed by atoms with E-state index in [-0.39, 0.29) is 5.56 Å². The lowest BCUT2D eigenvalue weighted by Gasteiger charge is -2.11. The van der Waals surface area contributed by atoms with Crippen LogP contribution < -0.4 is 5.56 Å². The van der Waals surface area contributed by atoms with Gasteiger partial charge in [0.1, 0.15) is 0 Å². The highest BCUT2D eigenvalue weighted by atomic mass is 35.5. The van der Waals surface area contributed by atoms with E-state index in [1.807, 2.05) is 0 Å². The Kier molecular flexibility index (Phi) is 4.66. The van der Waals surface area contributed by atoms with Crippen molar-refractivity contribution in [3.63, 3.8) is 0 Å². The molecule has 0 N–H and O–H groups in total. The zero-order chi connectivity index (χ0) is 13.8. The maximum Gasteiger partial charge on any atom is 0.262 e. The molecule has 0 spiro atoms. The molecular weight excluding hydrogens is 280 g/mol. The minimum absolute atomic E-state index is 0.0415. The maximum absolute atomic E-state index is 12.4. The third-order valence-electron chi connectivity index (χ3n) is 2.63. The van der Waals surface area contributed by atoms with E-state index in [9.17, 15) is 4.79 Å². The molecule has 1 heterocycles. The summed E-state index contributed by atoms with van der Waals surface area (Å²) in [5.41, 5.74) is 0.608. The Morgan fingerprint density at radius 1 is 1.53 bits per heavy atom. The molecular formula is C14H15ClN2OS. The number of hydrogen-bond donors (Lipinski definition) is 0. The third kappa shape index (κ3) is 3.01. The lowest BCUT2D eigenvalue weighted by molar-refractivity contribution is 0.671. The first-order chi connectivity index (χ1) is 9.17. The van der Waals surface area contributed by atoms with Gasteiger partial charge in [0, 0.05) is 17.3 Å². The van der Waals surface area contributed by atoms with Gasteiger partial charge in [-0.1, -0.05) is 36.4 Å². The van der Waals surface area contributed by atoms with Crippen molar-refractivity contribution >= 4 is 34.3 Å². The first kappa shape index (κ1) is 14.2. The fourth-order valence-corrected chi connectivity index (χ4v) is 2.80. The van der Waals surface area contributed by atoms with Crippen molar-refractivity contribution in [1.82, 2.24) is 9.55 Å². The lowest BCUT2D eigenvalue weighted by Crippen LogP contribution is -2.22. The topological polar surface area (TPSA) is 34.9 Å². The number of allylic oxidation sites excluding steroid dienone is 1. The molecule has 1 aromatic heterocycles. The number of aromatic nitrogens is 2. The largest absolute Gasteiger partial charge is 0.283 e. The van der Waals surface area contributed by atoms with Crippen LogP contribution in [0.3, 0.4) is 0 Å². The van der Waals surface area contributed by atoms with Crippen molar-refractivity contribution in [2.24, 2.45) is 0 Å². The molecule has 0 unspecified atom stereocenters. The molecule has 0 saturated carbocycles. The number of rotatable bonds is 5. The van der Waals surface area contributed by atoms with E-state index in [2.05, 4.69) is 18.5 Å². The highest BCUT2D eigenvalue weighted by Gasteiger charge is 2.10. The van der Waals surface area contributed by atoms with Gasteiger partial charge in [-0.3, -0.25) is 9.36 Å². The van der Waals surface area contributed by atoms with Gasteiger partial charge in [-0.05, 0) is 24.6 Å². The summed E-state index contributed by atoms with van der Waals surface area (Å²) in [5.74, 6) is 0.926. The second-order valence-electron chi connectivity index (χ2n) is 4.11. The molecule has 0 atom stereocenters. The molecule has 0 saturated heterocycles. The summed E-state index contributed by atoms with van der Waals surface area (Å²) in [6, 6.07) is 5.16.